The quantitative estimate of drug-likeness (QED) is 0.123. The third kappa shape index (κ3) is 8.53. The molecule has 0 aliphatic heterocycles. The van der Waals surface area contributed by atoms with E-state index in [1.807, 2.05) is 0 Å². The lowest BCUT2D eigenvalue weighted by Gasteiger charge is -2.20. The first-order valence-corrected chi connectivity index (χ1v) is 14.1. The number of rotatable bonds is 18. The highest BCUT2D eigenvalue weighted by Gasteiger charge is 2.34. The van der Waals surface area contributed by atoms with Crippen LogP contribution in [0.5, 0.6) is 11.5 Å². The molecule has 2 N–H and O–H groups in total. The molecule has 1 aliphatic rings. The number of alkyl halides is 1. The van der Waals surface area contributed by atoms with Crippen LogP contribution in [-0.4, -0.2) is 78.3 Å². The summed E-state index contributed by atoms with van der Waals surface area (Å²) in [5.74, 6) is -2.03. The Morgan fingerprint density at radius 2 is 1.28 bits per heavy atom. The third-order valence-electron chi connectivity index (χ3n) is 6.26. The summed E-state index contributed by atoms with van der Waals surface area (Å²) in [5.41, 5.74) is -0.196. The molecule has 0 spiro atoms. The van der Waals surface area contributed by atoms with Crippen molar-refractivity contribution < 1.29 is 43.6 Å². The Kier molecular flexibility index (Phi) is 12.3. The molecule has 0 unspecified atom stereocenters. The van der Waals surface area contributed by atoms with Gasteiger partial charge < -0.3 is 24.4 Å². The number of halogens is 1. The van der Waals surface area contributed by atoms with Gasteiger partial charge in [0.25, 0.3) is 0 Å². The van der Waals surface area contributed by atoms with Gasteiger partial charge in [0.2, 0.25) is 5.78 Å². The van der Waals surface area contributed by atoms with E-state index in [1.165, 1.54) is 30.3 Å². The molecule has 0 heterocycles. The fourth-order valence-corrected chi connectivity index (χ4v) is 4.49. The first kappa shape index (κ1) is 30.6. The zero-order valence-electron chi connectivity index (χ0n) is 21.7. The predicted octanol–water partition coefficient (Wildman–Crippen LogP) is 4.41. The molecular weight excluding hydrogens is 572 g/mol. The van der Waals surface area contributed by atoms with E-state index in [0.29, 0.717) is 64.2 Å². The Bertz CT molecular complexity index is 1190. The number of phenols is 2. The number of aromatic hydroxyl groups is 2. The number of carbonyl (C=O) groups excluding carboxylic acids is 4. The van der Waals surface area contributed by atoms with Gasteiger partial charge in [-0.05, 0) is 43.9 Å². The van der Waals surface area contributed by atoms with Crippen molar-refractivity contribution in [1.82, 2.24) is 0 Å². The molecule has 10 heteroatoms. The Balaban J connectivity index is 1.30. The summed E-state index contributed by atoms with van der Waals surface area (Å²) >= 11 is 3.14. The number of Topliss-reactive ketones (excluding diaryl/α,β-unsaturated/α-hetero) is 2. The van der Waals surface area contributed by atoms with Crippen LogP contribution in [0.2, 0.25) is 0 Å². The van der Waals surface area contributed by atoms with Crippen molar-refractivity contribution in [3.05, 3.63) is 58.1 Å². The number of benzene rings is 2. The summed E-state index contributed by atoms with van der Waals surface area (Å²) in [7, 11) is 0. The molecule has 9 nitrogen and oxygen atoms in total. The van der Waals surface area contributed by atoms with E-state index in [-0.39, 0.29) is 51.6 Å². The summed E-state index contributed by atoms with van der Waals surface area (Å²) < 4.78 is 16.4. The number of ether oxygens (including phenoxy) is 3. The minimum atomic E-state index is -0.655. The number of hydrogen-bond donors (Lipinski definition) is 2. The molecular formula is C29H33BrO9. The Hall–Kier alpha value is -2.92. The van der Waals surface area contributed by atoms with Gasteiger partial charge in [-0.3, -0.25) is 19.2 Å². The fourth-order valence-electron chi connectivity index (χ4n) is 4.21. The average Bonchev–Trinajstić information content (AvgIpc) is 2.92. The highest BCUT2D eigenvalue weighted by Crippen LogP contribution is 2.37. The van der Waals surface area contributed by atoms with Crippen molar-refractivity contribution in [2.75, 3.05) is 45.0 Å². The van der Waals surface area contributed by atoms with Gasteiger partial charge in [0, 0.05) is 42.7 Å². The fraction of sp³-hybridized carbons (Fsp3) is 0.448. The van der Waals surface area contributed by atoms with Crippen molar-refractivity contribution in [3.63, 3.8) is 0 Å². The zero-order valence-corrected chi connectivity index (χ0v) is 23.3. The highest BCUT2D eigenvalue weighted by molar-refractivity contribution is 9.09. The molecule has 210 valence electrons. The SMILES string of the molecule is O=C(CBr)CCCCOCCOCCOCCCCC(=O)c1cc(O)c2c(c1)C(=O)c1cccc(O)c1C2=O. The lowest BCUT2D eigenvalue weighted by atomic mass is 9.82. The standard InChI is InChI=1S/C29H33BrO9/c30-18-20(31)6-1-3-10-37-12-14-39-15-13-38-11-4-2-8-23(32)19-16-22-27(25(34)17-19)29(36)26-21(28(22)35)7-5-9-24(26)33/h5,7,9,16-17,33-34H,1-4,6,8,10-15,18H2. The number of phenolic OH excluding ortho intramolecular Hbond substituents is 2. The van der Waals surface area contributed by atoms with Crippen molar-refractivity contribution in [2.45, 2.75) is 38.5 Å². The second-order valence-electron chi connectivity index (χ2n) is 9.12. The van der Waals surface area contributed by atoms with Gasteiger partial charge in [0.15, 0.2) is 11.6 Å². The van der Waals surface area contributed by atoms with Crippen LogP contribution < -0.4 is 0 Å². The summed E-state index contributed by atoms with van der Waals surface area (Å²) in [6.45, 7) is 2.88. The largest absolute Gasteiger partial charge is 0.507 e. The molecule has 2 aromatic carbocycles. The predicted molar refractivity (Wildman–Crippen MR) is 146 cm³/mol. The van der Waals surface area contributed by atoms with Gasteiger partial charge in [-0.15, -0.1) is 0 Å². The first-order chi connectivity index (χ1) is 18.8. The Morgan fingerprint density at radius 3 is 1.92 bits per heavy atom. The lowest BCUT2D eigenvalue weighted by Crippen LogP contribution is -2.22. The van der Waals surface area contributed by atoms with Crippen LogP contribution in [0.15, 0.2) is 30.3 Å². The molecule has 0 saturated heterocycles. The molecule has 39 heavy (non-hydrogen) atoms. The number of carbonyl (C=O) groups is 4. The second-order valence-corrected chi connectivity index (χ2v) is 9.68. The maximum absolute atomic E-state index is 12.9. The Morgan fingerprint density at radius 1 is 0.692 bits per heavy atom. The molecule has 0 bridgehead atoms. The first-order valence-electron chi connectivity index (χ1n) is 13.0. The van der Waals surface area contributed by atoms with E-state index in [4.69, 9.17) is 14.2 Å². The van der Waals surface area contributed by atoms with Crippen molar-refractivity contribution in [1.29, 1.82) is 0 Å². The topological polar surface area (TPSA) is 136 Å². The molecule has 3 rings (SSSR count). The molecule has 0 fully saturated rings. The monoisotopic (exact) mass is 604 g/mol. The molecule has 2 aromatic rings. The van der Waals surface area contributed by atoms with Crippen molar-refractivity contribution >= 4 is 39.1 Å². The van der Waals surface area contributed by atoms with Gasteiger partial charge >= 0.3 is 0 Å². The van der Waals surface area contributed by atoms with E-state index < -0.39 is 17.3 Å². The van der Waals surface area contributed by atoms with Gasteiger partial charge in [-0.25, -0.2) is 0 Å². The Labute approximate surface area is 235 Å². The van der Waals surface area contributed by atoms with Crippen LogP contribution in [-0.2, 0) is 19.0 Å². The lowest BCUT2D eigenvalue weighted by molar-refractivity contribution is -0.116. The van der Waals surface area contributed by atoms with Crippen LogP contribution in [0, 0.1) is 0 Å². The zero-order chi connectivity index (χ0) is 28.2. The summed E-state index contributed by atoms with van der Waals surface area (Å²) in [6, 6.07) is 6.74. The van der Waals surface area contributed by atoms with E-state index in [9.17, 15) is 29.4 Å². The van der Waals surface area contributed by atoms with Crippen molar-refractivity contribution in [3.8, 4) is 11.5 Å². The number of fused-ring (bicyclic) bond motifs is 2. The number of hydrogen-bond acceptors (Lipinski definition) is 9. The highest BCUT2D eigenvalue weighted by atomic mass is 79.9. The average molecular weight is 605 g/mol. The maximum atomic E-state index is 12.9. The minimum Gasteiger partial charge on any atom is -0.507 e. The third-order valence-corrected chi connectivity index (χ3v) is 6.88. The molecule has 1 aliphatic carbocycles. The molecule has 0 aromatic heterocycles. The van der Waals surface area contributed by atoms with Crippen molar-refractivity contribution in [2.24, 2.45) is 0 Å². The molecule has 0 radical (unpaired) electrons. The van der Waals surface area contributed by atoms with Gasteiger partial charge in [0.1, 0.15) is 17.3 Å². The number of unbranched alkanes of at least 4 members (excludes halogenated alkanes) is 2. The van der Waals surface area contributed by atoms with E-state index >= 15 is 0 Å². The molecule has 0 amide bonds. The van der Waals surface area contributed by atoms with Crippen LogP contribution >= 0.6 is 15.9 Å². The normalized spacial score (nSPS) is 12.3. The van der Waals surface area contributed by atoms with Crippen LogP contribution in [0.25, 0.3) is 0 Å². The summed E-state index contributed by atoms with van der Waals surface area (Å²) in [6.07, 6.45) is 3.63. The summed E-state index contributed by atoms with van der Waals surface area (Å²) in [5, 5.41) is 20.9. The number of ketones is 4. The maximum Gasteiger partial charge on any atom is 0.201 e. The van der Waals surface area contributed by atoms with E-state index in [0.717, 1.165) is 12.8 Å². The van der Waals surface area contributed by atoms with Crippen LogP contribution in [0.3, 0.4) is 0 Å². The van der Waals surface area contributed by atoms with E-state index in [2.05, 4.69) is 15.9 Å². The van der Waals surface area contributed by atoms with Crippen LogP contribution in [0.4, 0.5) is 0 Å². The van der Waals surface area contributed by atoms with Gasteiger partial charge in [-0.2, -0.15) is 0 Å². The smallest absolute Gasteiger partial charge is 0.201 e. The van der Waals surface area contributed by atoms with Gasteiger partial charge in [-0.1, -0.05) is 28.1 Å². The molecule has 0 atom stereocenters. The van der Waals surface area contributed by atoms with Gasteiger partial charge in [0.05, 0.1) is 42.9 Å². The molecule has 0 saturated carbocycles. The summed E-state index contributed by atoms with van der Waals surface area (Å²) in [4.78, 5) is 49.6. The second kappa shape index (κ2) is 15.6. The minimum absolute atomic E-state index is 0.0419. The van der Waals surface area contributed by atoms with Crippen LogP contribution in [0.1, 0.15) is 80.7 Å². The van der Waals surface area contributed by atoms with E-state index in [1.54, 1.807) is 0 Å².